The molecular formula is C25H25FN4O5S2. The van der Waals surface area contributed by atoms with E-state index in [4.69, 9.17) is 0 Å². The van der Waals surface area contributed by atoms with E-state index in [9.17, 15) is 22.8 Å². The normalized spacial score (nSPS) is 16.7. The Bertz CT molecular complexity index is 1500. The highest BCUT2D eigenvalue weighted by atomic mass is 32.2. The number of carbonyl (C=O) groups excluding carboxylic acids is 3. The Balaban J connectivity index is 1.40. The maximum Gasteiger partial charge on any atom is 0.245 e. The molecule has 2 heterocycles. The van der Waals surface area contributed by atoms with Crippen LogP contribution in [0.3, 0.4) is 0 Å². The van der Waals surface area contributed by atoms with Crippen molar-refractivity contribution in [2.75, 3.05) is 24.2 Å². The van der Waals surface area contributed by atoms with Crippen molar-refractivity contribution in [1.82, 2.24) is 15.6 Å². The first kappa shape index (κ1) is 25.3. The van der Waals surface area contributed by atoms with Crippen LogP contribution in [-0.4, -0.2) is 56.5 Å². The van der Waals surface area contributed by atoms with E-state index in [1.165, 1.54) is 6.07 Å². The number of amides is 3. The molecular weight excluding hydrogens is 519 g/mol. The highest BCUT2D eigenvalue weighted by Gasteiger charge is 2.35. The predicted molar refractivity (Wildman–Crippen MR) is 138 cm³/mol. The molecule has 1 aliphatic carbocycles. The van der Waals surface area contributed by atoms with E-state index < -0.39 is 32.7 Å². The summed E-state index contributed by atoms with van der Waals surface area (Å²) in [6.45, 7) is 0.312. The molecule has 2 aromatic carbocycles. The fraction of sp³-hybridized carbons (Fsp3) is 0.360. The van der Waals surface area contributed by atoms with Crippen LogP contribution in [0.1, 0.15) is 35.9 Å². The molecule has 0 radical (unpaired) electrons. The summed E-state index contributed by atoms with van der Waals surface area (Å²) in [7, 11) is -3.97. The van der Waals surface area contributed by atoms with E-state index in [0.717, 1.165) is 42.5 Å². The van der Waals surface area contributed by atoms with Crippen LogP contribution in [0.15, 0.2) is 36.4 Å². The van der Waals surface area contributed by atoms with Gasteiger partial charge in [-0.3, -0.25) is 14.4 Å². The summed E-state index contributed by atoms with van der Waals surface area (Å²) < 4.78 is 40.4. The quantitative estimate of drug-likeness (QED) is 0.449. The zero-order valence-corrected chi connectivity index (χ0v) is 21.6. The largest absolute Gasteiger partial charge is 0.352 e. The van der Waals surface area contributed by atoms with Crippen molar-refractivity contribution in [3.8, 4) is 11.1 Å². The van der Waals surface area contributed by atoms with Gasteiger partial charge in [-0.05, 0) is 54.7 Å². The van der Waals surface area contributed by atoms with Crippen molar-refractivity contribution in [3.05, 3.63) is 47.2 Å². The predicted octanol–water partition coefficient (Wildman–Crippen LogP) is 2.71. The van der Waals surface area contributed by atoms with Crippen molar-refractivity contribution in [2.24, 2.45) is 0 Å². The summed E-state index contributed by atoms with van der Waals surface area (Å²) in [6, 6.07) is 10.3. The summed E-state index contributed by atoms with van der Waals surface area (Å²) in [5, 5.41) is 3.34. The number of sulfone groups is 1. The van der Waals surface area contributed by atoms with Crippen LogP contribution in [0, 0.1) is 5.82 Å². The number of nitrogens with one attached hydrogen (secondary N) is 2. The Kier molecular flexibility index (Phi) is 6.71. The fourth-order valence-corrected chi connectivity index (χ4v) is 6.86. The van der Waals surface area contributed by atoms with E-state index in [1.54, 1.807) is 23.1 Å². The van der Waals surface area contributed by atoms with Crippen LogP contribution in [0.25, 0.3) is 21.3 Å². The fourth-order valence-electron chi connectivity index (χ4n) is 4.30. The number of anilines is 1. The van der Waals surface area contributed by atoms with Crippen molar-refractivity contribution in [3.63, 3.8) is 0 Å². The molecule has 1 aliphatic heterocycles. The van der Waals surface area contributed by atoms with Gasteiger partial charge in [-0.2, -0.15) is 0 Å². The van der Waals surface area contributed by atoms with Gasteiger partial charge in [-0.25, -0.2) is 17.8 Å². The third-order valence-corrected chi connectivity index (χ3v) is 8.82. The van der Waals surface area contributed by atoms with E-state index in [0.29, 0.717) is 28.8 Å². The zero-order chi connectivity index (χ0) is 26.3. The van der Waals surface area contributed by atoms with Gasteiger partial charge in [0.05, 0.1) is 11.2 Å². The number of thiazole rings is 1. The minimum Gasteiger partial charge on any atom is -0.352 e. The first-order valence-electron chi connectivity index (χ1n) is 11.9. The summed E-state index contributed by atoms with van der Waals surface area (Å²) in [4.78, 5) is 42.6. The topological polar surface area (TPSA) is 126 Å². The number of hydrogen-bond donors (Lipinski definition) is 2. The lowest BCUT2D eigenvalue weighted by Crippen LogP contribution is -2.41. The Labute approximate surface area is 217 Å². The maximum absolute atomic E-state index is 15.1. The molecule has 1 unspecified atom stereocenters. The van der Waals surface area contributed by atoms with Gasteiger partial charge in [-0.15, -0.1) is 11.3 Å². The van der Waals surface area contributed by atoms with Crippen molar-refractivity contribution in [1.29, 1.82) is 0 Å². The molecule has 2 aliphatic rings. The molecule has 0 spiro atoms. The van der Waals surface area contributed by atoms with Gasteiger partial charge in [0.15, 0.2) is 20.9 Å². The molecule has 5 rings (SSSR count). The average molecular weight is 545 g/mol. The summed E-state index contributed by atoms with van der Waals surface area (Å²) in [6.07, 6.45) is 4.01. The van der Waals surface area contributed by atoms with Gasteiger partial charge in [0.1, 0.15) is 10.5 Å². The molecule has 1 saturated carbocycles. The van der Waals surface area contributed by atoms with Crippen LogP contribution in [-0.2, 0) is 24.2 Å². The number of rotatable bonds is 8. The third kappa shape index (κ3) is 5.49. The highest BCUT2D eigenvalue weighted by Crippen LogP contribution is 2.35. The molecule has 12 heteroatoms. The lowest BCUT2D eigenvalue weighted by Gasteiger charge is -2.16. The Hall–Kier alpha value is -3.38. The molecule has 194 valence electrons. The lowest BCUT2D eigenvalue weighted by molar-refractivity contribution is -0.126. The molecule has 2 fully saturated rings. The summed E-state index contributed by atoms with van der Waals surface area (Å²) in [5.41, 5.74) is 2.01. The van der Waals surface area contributed by atoms with Crippen molar-refractivity contribution < 1.29 is 27.2 Å². The minimum atomic E-state index is -3.97. The monoisotopic (exact) mass is 544 g/mol. The van der Waals surface area contributed by atoms with Crippen molar-refractivity contribution >= 4 is 54.8 Å². The smallest absolute Gasteiger partial charge is 0.245 e. The lowest BCUT2D eigenvalue weighted by atomic mass is 10.0. The number of aromatic nitrogens is 1. The van der Waals surface area contributed by atoms with Gasteiger partial charge in [0.2, 0.25) is 17.7 Å². The number of nitrogens with zero attached hydrogens (tertiary/aromatic N) is 2. The molecule has 1 aromatic heterocycles. The standard InChI is InChI=1S/C25H25FN4O5S2/c1-37(34,35)23(24(33)27-13-20(31)28-16-6-7-16)25-29-22-18(26)11-15(12-19(22)36-25)14-4-8-17(9-5-14)30-10-2-3-21(30)32/h4-5,8-9,11-12,16,23H,2-3,6-7,10,13H2,1H3,(H,27,33)(H,28,31). The Morgan fingerprint density at radius 3 is 2.54 bits per heavy atom. The van der Waals surface area contributed by atoms with Gasteiger partial charge in [-0.1, -0.05) is 12.1 Å². The molecule has 37 heavy (non-hydrogen) atoms. The Morgan fingerprint density at radius 2 is 1.92 bits per heavy atom. The number of hydrogen-bond acceptors (Lipinski definition) is 7. The van der Waals surface area contributed by atoms with Gasteiger partial charge < -0.3 is 15.5 Å². The second-order valence-corrected chi connectivity index (χ2v) is 12.5. The molecule has 0 bridgehead atoms. The van der Waals surface area contributed by atoms with Crippen LogP contribution in [0.2, 0.25) is 0 Å². The van der Waals surface area contributed by atoms with E-state index in [2.05, 4.69) is 15.6 Å². The molecule has 9 nitrogen and oxygen atoms in total. The third-order valence-electron chi connectivity index (χ3n) is 6.31. The molecule has 2 N–H and O–H groups in total. The zero-order valence-electron chi connectivity index (χ0n) is 20.0. The van der Waals surface area contributed by atoms with Crippen LogP contribution in [0.5, 0.6) is 0 Å². The molecule has 3 aromatic rings. The van der Waals surface area contributed by atoms with Crippen LogP contribution in [0.4, 0.5) is 10.1 Å². The first-order chi connectivity index (χ1) is 17.6. The van der Waals surface area contributed by atoms with Crippen LogP contribution >= 0.6 is 11.3 Å². The van der Waals surface area contributed by atoms with Gasteiger partial charge >= 0.3 is 0 Å². The maximum atomic E-state index is 15.1. The Morgan fingerprint density at radius 1 is 1.19 bits per heavy atom. The molecule has 1 saturated heterocycles. The number of fused-ring (bicyclic) bond motifs is 1. The van der Waals surface area contributed by atoms with Gasteiger partial charge in [0.25, 0.3) is 0 Å². The highest BCUT2D eigenvalue weighted by molar-refractivity contribution is 7.91. The van der Waals surface area contributed by atoms with E-state index >= 15 is 4.39 Å². The van der Waals surface area contributed by atoms with Crippen molar-refractivity contribution in [2.45, 2.75) is 37.0 Å². The molecule has 3 amide bonds. The van der Waals surface area contributed by atoms with Crippen LogP contribution < -0.4 is 15.5 Å². The number of halogens is 1. The molecule has 1 atom stereocenters. The summed E-state index contributed by atoms with van der Waals surface area (Å²) in [5.74, 6) is -1.86. The van der Waals surface area contributed by atoms with E-state index in [-0.39, 0.29) is 29.0 Å². The minimum absolute atomic E-state index is 0.0315. The average Bonchev–Trinajstić information content (AvgIpc) is 3.38. The van der Waals surface area contributed by atoms with E-state index in [1.807, 2.05) is 12.1 Å². The number of benzene rings is 2. The number of carbonyl (C=O) groups is 3. The second kappa shape index (κ2) is 9.82. The van der Waals surface area contributed by atoms with Gasteiger partial charge in [0, 0.05) is 31.0 Å². The SMILES string of the molecule is CS(=O)(=O)C(C(=O)NCC(=O)NC1CC1)c1nc2c(F)cc(-c3ccc(N4CCCC4=O)cc3)cc2s1. The first-order valence-corrected chi connectivity index (χ1v) is 14.6. The second-order valence-electron chi connectivity index (χ2n) is 9.32. The summed E-state index contributed by atoms with van der Waals surface area (Å²) >= 11 is 0.918.